The summed E-state index contributed by atoms with van der Waals surface area (Å²) < 4.78 is 29.6. The Hall–Kier alpha value is -6.77. The number of ketones is 1. The molecule has 0 saturated heterocycles. The fraction of sp³-hybridized carbons (Fsp3) is 0.554. The van der Waals surface area contributed by atoms with Crippen molar-refractivity contribution in [3.63, 3.8) is 0 Å². The van der Waals surface area contributed by atoms with Gasteiger partial charge in [0.1, 0.15) is 52.0 Å². The van der Waals surface area contributed by atoms with E-state index in [9.17, 15) is 33.6 Å². The van der Waals surface area contributed by atoms with E-state index in [0.717, 1.165) is 17.7 Å². The van der Waals surface area contributed by atoms with E-state index in [-0.39, 0.29) is 81.5 Å². The van der Waals surface area contributed by atoms with Crippen LogP contribution < -0.4 is 4.74 Å². The van der Waals surface area contributed by atoms with Gasteiger partial charge in [-0.05, 0) is 77.3 Å². The van der Waals surface area contributed by atoms with Crippen LogP contribution in [0.4, 0.5) is 0 Å². The second-order valence-electron chi connectivity index (χ2n) is 19.3. The predicted octanol–water partition coefficient (Wildman–Crippen LogP) is 13.7. The molecule has 0 amide bonds. The van der Waals surface area contributed by atoms with Gasteiger partial charge < -0.3 is 38.6 Å². The highest BCUT2D eigenvalue weighted by molar-refractivity contribution is 6.02. The Balaban J connectivity index is -0.00000100. The summed E-state index contributed by atoms with van der Waals surface area (Å²) >= 11 is 0. The van der Waals surface area contributed by atoms with Crippen LogP contribution in [0, 0.1) is 0 Å². The number of aliphatic carboxylic acids is 1. The van der Waals surface area contributed by atoms with Gasteiger partial charge in [0, 0.05) is 36.7 Å². The van der Waals surface area contributed by atoms with Crippen molar-refractivity contribution in [1.29, 1.82) is 0 Å². The van der Waals surface area contributed by atoms with Crippen molar-refractivity contribution in [3.8, 4) is 5.75 Å². The van der Waals surface area contributed by atoms with Crippen LogP contribution in [-0.4, -0.2) is 125 Å². The number of methoxy groups -OCH3 is 1. The van der Waals surface area contributed by atoms with Gasteiger partial charge in [-0.25, -0.2) is 43.5 Å². The number of allylic oxidation sites excluding steroid dienone is 1. The smallest absolute Gasteiger partial charge is 0.339 e. The molecule has 0 atom stereocenters. The first-order valence-corrected chi connectivity index (χ1v) is 28.8. The molecule has 2 rings (SSSR count). The van der Waals surface area contributed by atoms with Gasteiger partial charge in [0.15, 0.2) is 5.78 Å². The topological polar surface area (TPSA) is 252 Å². The Morgan fingerprint density at radius 1 is 0.417 bits per heavy atom. The highest BCUT2D eigenvalue weighted by Crippen LogP contribution is 2.15. The predicted molar refractivity (Wildman–Crippen MR) is 324 cm³/mol. The molecule has 0 aliphatic carbocycles. The zero-order chi connectivity index (χ0) is 63.6. The number of esters is 4. The van der Waals surface area contributed by atoms with Crippen molar-refractivity contribution in [2.75, 3.05) is 73.2 Å². The van der Waals surface area contributed by atoms with Crippen LogP contribution in [-0.2, 0) is 67.2 Å². The molecule has 0 saturated carbocycles. The first-order valence-electron chi connectivity index (χ1n) is 28.8. The number of hydrogen-bond acceptors (Lipinski definition) is 17. The summed E-state index contributed by atoms with van der Waals surface area (Å²) in [6.07, 6.45) is 22.6. The van der Waals surface area contributed by atoms with Gasteiger partial charge in [0.05, 0.1) is 30.9 Å². The summed E-state index contributed by atoms with van der Waals surface area (Å²) in [5, 5.41) is 17.3. The van der Waals surface area contributed by atoms with Gasteiger partial charge in [-0.1, -0.05) is 172 Å². The molecule has 0 aliphatic rings. The molecule has 474 valence electrons. The molecule has 0 bridgehead atoms. The number of rotatable bonds is 44. The highest BCUT2D eigenvalue weighted by Gasteiger charge is 2.17. The van der Waals surface area contributed by atoms with Gasteiger partial charge in [0.2, 0.25) is 0 Å². The van der Waals surface area contributed by atoms with E-state index in [1.165, 1.54) is 115 Å². The van der Waals surface area contributed by atoms with Crippen LogP contribution >= 0.6 is 0 Å². The van der Waals surface area contributed by atoms with E-state index < -0.39 is 23.9 Å². The van der Waals surface area contributed by atoms with E-state index in [2.05, 4.69) is 49.6 Å². The van der Waals surface area contributed by atoms with Gasteiger partial charge in [-0.3, -0.25) is 9.59 Å². The summed E-state index contributed by atoms with van der Waals surface area (Å²) in [4.78, 5) is 95.3. The number of carbonyl (C=O) groups excluding carboxylic acids is 5. The number of carbonyl (C=O) groups is 7. The van der Waals surface area contributed by atoms with Crippen LogP contribution in [0.25, 0.3) is 0 Å². The van der Waals surface area contributed by atoms with E-state index in [1.807, 2.05) is 30.3 Å². The summed E-state index contributed by atoms with van der Waals surface area (Å²) in [6.45, 7) is 30.5. The number of Topliss-reactive ketones (excluding diaryl/α,β-unsaturated/α-hetero) is 1. The number of benzene rings is 2. The molecular weight excluding hydrogens is 1080 g/mol. The molecule has 2 aromatic rings. The molecule has 0 fully saturated rings. The zero-order valence-corrected chi connectivity index (χ0v) is 51.6. The Morgan fingerprint density at radius 3 is 1.27 bits per heavy atom. The summed E-state index contributed by atoms with van der Waals surface area (Å²) in [5.74, 6) is -3.04. The van der Waals surface area contributed by atoms with Crippen LogP contribution in [0.15, 0.2) is 115 Å². The standard InChI is InChI=1S/C22H42O2.C14H16O6.C12H14O3.C10H16O6.C7H12O2/c1-4-5-6-7-8-9-10-11-12-13-14-15-16-17-18-19-20-24-22(23)21(2)3;1-10(2)9-20-19-8-7-18-14(17)12-6-4-3-5-11(12)13(15)16;1-10(2)12(13)15-9-8-14-11-6-4-3-5-7-11;1-8(2)10(13)14-6-7-16-15-5-3-4-9(11)12;1-6(2)7(8)4-5-9-3/h2,4-20H2,1,3H3;3-6H,1,7-9H2,2H3,(H,15,16);3-7H,1,8-9H2,2H3;1,3-7H2,2H3,(H,11,12);1,4-5H2,2-3H3. The average molecular weight is 1190 g/mol. The highest BCUT2D eigenvalue weighted by atomic mass is 17.2. The third-order valence-electron chi connectivity index (χ3n) is 10.9. The van der Waals surface area contributed by atoms with Crippen LogP contribution in [0.5, 0.6) is 5.75 Å². The number of carboxylic acid groups (broad SMARTS) is 2. The molecule has 2 aromatic carbocycles. The third-order valence-corrected chi connectivity index (χ3v) is 10.9. The quantitative estimate of drug-likeness (QED) is 0.0119. The van der Waals surface area contributed by atoms with Crippen molar-refractivity contribution in [3.05, 3.63) is 126 Å². The number of unbranched alkanes of at least 4 members (excludes halogenated alkanes) is 15. The molecule has 0 aromatic heterocycles. The normalized spacial score (nSPS) is 9.99. The molecule has 19 nitrogen and oxygen atoms in total. The molecule has 19 heteroatoms. The molecule has 0 spiro atoms. The van der Waals surface area contributed by atoms with Crippen molar-refractivity contribution >= 4 is 41.6 Å². The summed E-state index contributed by atoms with van der Waals surface area (Å²) in [7, 11) is 1.58. The lowest BCUT2D eigenvalue weighted by molar-refractivity contribution is -0.298. The van der Waals surface area contributed by atoms with E-state index in [4.69, 9.17) is 48.4 Å². The van der Waals surface area contributed by atoms with Gasteiger partial charge in [-0.15, -0.1) is 0 Å². The minimum atomic E-state index is -1.18. The largest absolute Gasteiger partial charge is 0.490 e. The summed E-state index contributed by atoms with van der Waals surface area (Å²) in [5.41, 5.74) is 2.52. The van der Waals surface area contributed by atoms with Crippen molar-refractivity contribution < 1.29 is 91.7 Å². The monoisotopic (exact) mass is 1180 g/mol. The number of ether oxygens (including phenoxy) is 6. The van der Waals surface area contributed by atoms with E-state index in [0.29, 0.717) is 55.0 Å². The number of carboxylic acids is 2. The van der Waals surface area contributed by atoms with Crippen LogP contribution in [0.1, 0.15) is 184 Å². The zero-order valence-electron chi connectivity index (χ0n) is 51.6. The lowest BCUT2D eigenvalue weighted by Crippen LogP contribution is -2.14. The Labute approximate surface area is 500 Å². The molecule has 0 heterocycles. The van der Waals surface area contributed by atoms with Gasteiger partial charge in [0.25, 0.3) is 0 Å². The maximum atomic E-state index is 11.7. The number of hydrogen-bond donors (Lipinski definition) is 2. The molecule has 2 N–H and O–H groups in total. The average Bonchev–Trinajstić information content (AvgIpc) is 3.57. The Morgan fingerprint density at radius 2 is 0.833 bits per heavy atom. The fourth-order valence-electron chi connectivity index (χ4n) is 6.27. The van der Waals surface area contributed by atoms with Crippen molar-refractivity contribution in [2.24, 2.45) is 0 Å². The molecule has 84 heavy (non-hydrogen) atoms. The first kappa shape index (κ1) is 81.4. The van der Waals surface area contributed by atoms with Crippen LogP contribution in [0.2, 0.25) is 0 Å². The minimum Gasteiger partial charge on any atom is -0.490 e. The molecule has 0 aliphatic heterocycles. The summed E-state index contributed by atoms with van der Waals surface area (Å²) in [6, 6.07) is 15.2. The number of aromatic carboxylic acids is 1. The maximum absolute atomic E-state index is 11.7. The SMILES string of the molecule is C=C(C)C(=O)CCOC.C=C(C)C(=O)OCCCCCCCCCCCCCCCCCC.C=C(C)C(=O)OCCOOCCCC(=O)O.C=C(C)C(=O)OCCOc1ccccc1.C=C(C)COOCCOC(=O)c1ccccc1C(=O)O. The Kier molecular flexibility index (Phi) is 56.3. The van der Waals surface area contributed by atoms with Gasteiger partial charge in [-0.2, -0.15) is 0 Å². The van der Waals surface area contributed by atoms with Crippen molar-refractivity contribution in [2.45, 2.75) is 164 Å². The Bertz CT molecular complexity index is 2170. The molecular formula is C65H100O19. The van der Waals surface area contributed by atoms with Crippen molar-refractivity contribution in [1.82, 2.24) is 0 Å². The fourth-order valence-corrected chi connectivity index (χ4v) is 6.27. The second-order valence-corrected chi connectivity index (χ2v) is 19.3. The third kappa shape index (κ3) is 55.7. The molecule has 0 unspecified atom stereocenters. The van der Waals surface area contributed by atoms with E-state index >= 15 is 0 Å². The molecule has 0 radical (unpaired) electrons. The second kappa shape index (κ2) is 58.0. The maximum Gasteiger partial charge on any atom is 0.339 e. The lowest BCUT2D eigenvalue weighted by atomic mass is 10.0. The lowest BCUT2D eigenvalue weighted by Gasteiger charge is -2.07. The minimum absolute atomic E-state index is 0.00264. The van der Waals surface area contributed by atoms with E-state index in [1.54, 1.807) is 47.8 Å². The first-order chi connectivity index (χ1) is 40.1. The van der Waals surface area contributed by atoms with Crippen LogP contribution in [0.3, 0.4) is 0 Å². The van der Waals surface area contributed by atoms with Gasteiger partial charge >= 0.3 is 35.8 Å². The number of para-hydroxylation sites is 1.